The van der Waals surface area contributed by atoms with Crippen molar-refractivity contribution >= 4 is 10.9 Å². The maximum absolute atomic E-state index is 12.1. The van der Waals surface area contributed by atoms with Crippen molar-refractivity contribution < 1.29 is 23.0 Å². The number of ether oxygens (including phenoxy) is 1. The SMILES string of the molecule is COc1ccc2cc([C@@H](O)CCC(F)(F)F)ccc2n1. The molecule has 2 aromatic rings. The van der Waals surface area contributed by atoms with Crippen LogP contribution in [0.1, 0.15) is 24.5 Å². The predicted octanol–water partition coefficient (Wildman–Crippen LogP) is 3.62. The number of aliphatic hydroxyl groups is 1. The average molecular weight is 285 g/mol. The maximum Gasteiger partial charge on any atom is 0.389 e. The van der Waals surface area contributed by atoms with Crippen molar-refractivity contribution in [2.75, 3.05) is 7.11 Å². The second kappa shape index (κ2) is 5.66. The molecular weight excluding hydrogens is 271 g/mol. The van der Waals surface area contributed by atoms with E-state index in [2.05, 4.69) is 4.98 Å². The van der Waals surface area contributed by atoms with Crippen LogP contribution in [0.4, 0.5) is 13.2 Å². The summed E-state index contributed by atoms with van der Waals surface area (Å²) in [6.07, 6.45) is -6.75. The Morgan fingerprint density at radius 3 is 2.65 bits per heavy atom. The number of hydrogen-bond acceptors (Lipinski definition) is 3. The lowest BCUT2D eigenvalue weighted by Crippen LogP contribution is -2.10. The highest BCUT2D eigenvalue weighted by atomic mass is 19.4. The standard InChI is InChI=1S/C14H14F3NO2/c1-20-13-5-3-9-8-10(2-4-11(9)18-13)12(19)6-7-14(15,16)17/h2-5,8,12,19H,6-7H2,1H3/t12-/m0/s1. The molecule has 20 heavy (non-hydrogen) atoms. The number of benzene rings is 1. The first-order chi connectivity index (χ1) is 9.39. The molecule has 0 unspecified atom stereocenters. The molecule has 1 aromatic carbocycles. The van der Waals surface area contributed by atoms with Crippen LogP contribution >= 0.6 is 0 Å². The molecule has 0 aliphatic heterocycles. The summed E-state index contributed by atoms with van der Waals surface area (Å²) >= 11 is 0. The normalized spacial score (nSPS) is 13.4. The van der Waals surface area contributed by atoms with Gasteiger partial charge in [0.1, 0.15) is 0 Å². The first-order valence-corrected chi connectivity index (χ1v) is 6.08. The first kappa shape index (κ1) is 14.6. The summed E-state index contributed by atoms with van der Waals surface area (Å²) in [5, 5.41) is 10.5. The van der Waals surface area contributed by atoms with E-state index in [9.17, 15) is 18.3 Å². The van der Waals surface area contributed by atoms with Crippen molar-refractivity contribution in [1.29, 1.82) is 0 Å². The van der Waals surface area contributed by atoms with Crippen LogP contribution in [0.15, 0.2) is 30.3 Å². The fourth-order valence-electron chi connectivity index (χ4n) is 1.91. The van der Waals surface area contributed by atoms with Gasteiger partial charge in [-0.05, 0) is 30.2 Å². The third kappa shape index (κ3) is 3.60. The maximum atomic E-state index is 12.1. The van der Waals surface area contributed by atoms with E-state index < -0.39 is 18.7 Å². The molecule has 0 fully saturated rings. The van der Waals surface area contributed by atoms with Crippen LogP contribution < -0.4 is 4.74 Å². The van der Waals surface area contributed by atoms with Crippen LogP contribution in [-0.2, 0) is 0 Å². The molecule has 0 saturated carbocycles. The Labute approximate surface area is 114 Å². The van der Waals surface area contributed by atoms with Gasteiger partial charge in [0.15, 0.2) is 0 Å². The second-order valence-electron chi connectivity index (χ2n) is 4.48. The van der Waals surface area contributed by atoms with Crippen LogP contribution in [0.5, 0.6) is 5.88 Å². The molecule has 1 aromatic heterocycles. The number of hydrogen-bond donors (Lipinski definition) is 1. The van der Waals surface area contributed by atoms with Gasteiger partial charge in [0.25, 0.3) is 0 Å². The van der Waals surface area contributed by atoms with Crippen molar-refractivity contribution in [2.24, 2.45) is 0 Å². The molecule has 0 radical (unpaired) electrons. The third-order valence-corrected chi connectivity index (χ3v) is 2.98. The number of fused-ring (bicyclic) bond motifs is 1. The molecule has 3 nitrogen and oxygen atoms in total. The summed E-state index contributed by atoms with van der Waals surface area (Å²) in [5.41, 5.74) is 1.12. The van der Waals surface area contributed by atoms with Crippen LogP contribution in [0.25, 0.3) is 10.9 Å². The number of pyridine rings is 1. The van der Waals surface area contributed by atoms with Crippen LogP contribution in [-0.4, -0.2) is 23.4 Å². The van der Waals surface area contributed by atoms with E-state index in [1.54, 1.807) is 30.3 Å². The molecule has 6 heteroatoms. The van der Waals surface area contributed by atoms with E-state index in [1.165, 1.54) is 7.11 Å². The number of rotatable bonds is 4. The zero-order valence-electron chi connectivity index (χ0n) is 10.8. The molecule has 0 spiro atoms. The molecule has 2 rings (SSSR count). The zero-order valence-corrected chi connectivity index (χ0v) is 10.8. The summed E-state index contributed by atoms with van der Waals surface area (Å²) in [6, 6.07) is 8.29. The Bertz CT molecular complexity index is 598. The minimum Gasteiger partial charge on any atom is -0.481 e. The fourth-order valence-corrected chi connectivity index (χ4v) is 1.91. The van der Waals surface area contributed by atoms with Crippen LogP contribution in [0, 0.1) is 0 Å². The number of alkyl halides is 3. The lowest BCUT2D eigenvalue weighted by molar-refractivity contribution is -0.140. The van der Waals surface area contributed by atoms with Gasteiger partial charge in [0.2, 0.25) is 5.88 Å². The van der Waals surface area contributed by atoms with Gasteiger partial charge in [0, 0.05) is 17.9 Å². The summed E-state index contributed by atoms with van der Waals surface area (Å²) in [7, 11) is 1.50. The van der Waals surface area contributed by atoms with Crippen molar-refractivity contribution in [1.82, 2.24) is 4.98 Å². The predicted molar refractivity (Wildman–Crippen MR) is 68.5 cm³/mol. The van der Waals surface area contributed by atoms with Crippen LogP contribution in [0.2, 0.25) is 0 Å². The van der Waals surface area contributed by atoms with Gasteiger partial charge in [-0.3, -0.25) is 0 Å². The van der Waals surface area contributed by atoms with Gasteiger partial charge < -0.3 is 9.84 Å². The summed E-state index contributed by atoms with van der Waals surface area (Å²) in [5.74, 6) is 0.461. The Kier molecular flexibility index (Phi) is 4.13. The van der Waals surface area contributed by atoms with E-state index >= 15 is 0 Å². The van der Waals surface area contributed by atoms with Gasteiger partial charge in [-0.15, -0.1) is 0 Å². The quantitative estimate of drug-likeness (QED) is 0.933. The van der Waals surface area contributed by atoms with Gasteiger partial charge in [-0.1, -0.05) is 6.07 Å². The van der Waals surface area contributed by atoms with Crippen LogP contribution in [0.3, 0.4) is 0 Å². The highest BCUT2D eigenvalue weighted by molar-refractivity contribution is 5.79. The van der Waals surface area contributed by atoms with Gasteiger partial charge in [-0.25, -0.2) is 4.98 Å². The van der Waals surface area contributed by atoms with Gasteiger partial charge in [-0.2, -0.15) is 13.2 Å². The molecule has 1 heterocycles. The number of aliphatic hydroxyl groups excluding tert-OH is 1. The highest BCUT2D eigenvalue weighted by Gasteiger charge is 2.28. The summed E-state index contributed by atoms with van der Waals surface area (Å²) in [4.78, 5) is 4.20. The van der Waals surface area contributed by atoms with Crippen molar-refractivity contribution in [3.63, 3.8) is 0 Å². The van der Waals surface area contributed by atoms with Crippen molar-refractivity contribution in [3.8, 4) is 5.88 Å². The monoisotopic (exact) mass is 285 g/mol. The summed E-state index contributed by atoms with van der Waals surface area (Å²) < 4.78 is 41.4. The molecule has 0 bridgehead atoms. The molecule has 108 valence electrons. The molecule has 1 atom stereocenters. The Morgan fingerprint density at radius 1 is 1.25 bits per heavy atom. The molecule has 1 N–H and O–H groups in total. The lowest BCUT2D eigenvalue weighted by Gasteiger charge is -2.13. The molecule has 0 amide bonds. The highest BCUT2D eigenvalue weighted by Crippen LogP contribution is 2.29. The van der Waals surface area contributed by atoms with E-state index in [0.29, 0.717) is 17.0 Å². The molecule has 0 aliphatic carbocycles. The number of nitrogens with zero attached hydrogens (tertiary/aromatic N) is 1. The van der Waals surface area contributed by atoms with Gasteiger partial charge >= 0.3 is 6.18 Å². The number of aromatic nitrogens is 1. The zero-order chi connectivity index (χ0) is 14.8. The molecular formula is C14H14F3NO2. The fraction of sp³-hybridized carbons (Fsp3) is 0.357. The smallest absolute Gasteiger partial charge is 0.389 e. The van der Waals surface area contributed by atoms with E-state index in [4.69, 9.17) is 4.74 Å². The van der Waals surface area contributed by atoms with Crippen molar-refractivity contribution in [3.05, 3.63) is 35.9 Å². The largest absolute Gasteiger partial charge is 0.481 e. The minimum absolute atomic E-state index is 0.349. The average Bonchev–Trinajstić information content (AvgIpc) is 2.42. The lowest BCUT2D eigenvalue weighted by atomic mass is 10.0. The Balaban J connectivity index is 2.19. The Hall–Kier alpha value is -1.82. The number of halogens is 3. The minimum atomic E-state index is -4.26. The van der Waals surface area contributed by atoms with Crippen molar-refractivity contribution in [2.45, 2.75) is 25.1 Å². The van der Waals surface area contributed by atoms with E-state index in [0.717, 1.165) is 5.39 Å². The molecule has 0 saturated heterocycles. The van der Waals surface area contributed by atoms with E-state index in [1.807, 2.05) is 0 Å². The van der Waals surface area contributed by atoms with Gasteiger partial charge in [0.05, 0.1) is 18.7 Å². The second-order valence-corrected chi connectivity index (χ2v) is 4.48. The number of methoxy groups -OCH3 is 1. The van der Waals surface area contributed by atoms with E-state index in [-0.39, 0.29) is 6.42 Å². The first-order valence-electron chi connectivity index (χ1n) is 6.08. The Morgan fingerprint density at radius 2 is 2.00 bits per heavy atom. The third-order valence-electron chi connectivity index (χ3n) is 2.98. The molecule has 0 aliphatic rings. The topological polar surface area (TPSA) is 42.4 Å². The summed E-state index contributed by atoms with van der Waals surface area (Å²) in [6.45, 7) is 0.